The summed E-state index contributed by atoms with van der Waals surface area (Å²) in [6.07, 6.45) is 2.35. The molecule has 0 atom stereocenters. The van der Waals surface area contributed by atoms with E-state index in [2.05, 4.69) is 25.7 Å². The van der Waals surface area contributed by atoms with Gasteiger partial charge in [0, 0.05) is 24.2 Å². The predicted molar refractivity (Wildman–Crippen MR) is 83.1 cm³/mol. The first-order valence-electron chi connectivity index (χ1n) is 7.56. The molecule has 0 radical (unpaired) electrons. The number of carbonyl (C=O) groups excluding carboxylic acids is 1. The number of ketones is 1. The second kappa shape index (κ2) is 8.05. The zero-order valence-electron chi connectivity index (χ0n) is 13.1. The van der Waals surface area contributed by atoms with Crippen molar-refractivity contribution in [3.8, 4) is 5.75 Å². The number of phenols is 1. The number of nitrogens with zero attached hydrogens (tertiary/aromatic N) is 1. The fourth-order valence-electron chi connectivity index (χ4n) is 2.39. The standard InChI is InChI=1S/C17H27NO2/c1-5-14(6-2)11-18(7-3)12-16-10-15(13(4)19)8-9-17(16)20/h8-10,14,20H,5-7,11-12H2,1-4H3. The van der Waals surface area contributed by atoms with Crippen molar-refractivity contribution >= 4 is 5.78 Å². The van der Waals surface area contributed by atoms with Crippen LogP contribution in [0.2, 0.25) is 0 Å². The van der Waals surface area contributed by atoms with Gasteiger partial charge in [0.15, 0.2) is 5.78 Å². The Hall–Kier alpha value is -1.35. The number of phenolic OH excluding ortho intramolecular Hbond substituents is 1. The molecule has 112 valence electrons. The Labute approximate surface area is 122 Å². The first-order valence-corrected chi connectivity index (χ1v) is 7.56. The third kappa shape index (κ3) is 4.64. The smallest absolute Gasteiger partial charge is 0.159 e. The Morgan fingerprint density at radius 3 is 2.40 bits per heavy atom. The molecule has 0 spiro atoms. The summed E-state index contributed by atoms with van der Waals surface area (Å²) >= 11 is 0. The molecule has 0 amide bonds. The van der Waals surface area contributed by atoms with Crippen molar-refractivity contribution in [2.24, 2.45) is 5.92 Å². The number of carbonyl (C=O) groups is 1. The van der Waals surface area contributed by atoms with Crippen molar-refractivity contribution in [3.63, 3.8) is 0 Å². The van der Waals surface area contributed by atoms with Crippen LogP contribution in [0.3, 0.4) is 0 Å². The molecule has 3 heteroatoms. The van der Waals surface area contributed by atoms with Gasteiger partial charge in [0.25, 0.3) is 0 Å². The lowest BCUT2D eigenvalue weighted by atomic mass is 10.0. The fraction of sp³-hybridized carbons (Fsp3) is 0.588. The molecule has 1 aromatic rings. The van der Waals surface area contributed by atoms with Crippen LogP contribution in [-0.4, -0.2) is 28.9 Å². The molecule has 1 aromatic carbocycles. The van der Waals surface area contributed by atoms with Gasteiger partial charge in [-0.1, -0.05) is 33.6 Å². The lowest BCUT2D eigenvalue weighted by molar-refractivity contribution is 0.101. The molecule has 1 N–H and O–H groups in total. The van der Waals surface area contributed by atoms with Crippen LogP contribution in [0.4, 0.5) is 0 Å². The Morgan fingerprint density at radius 2 is 1.90 bits per heavy atom. The van der Waals surface area contributed by atoms with Gasteiger partial charge in [0.05, 0.1) is 0 Å². The largest absolute Gasteiger partial charge is 0.508 e. The highest BCUT2D eigenvalue weighted by Crippen LogP contribution is 2.22. The summed E-state index contributed by atoms with van der Waals surface area (Å²) in [6, 6.07) is 5.11. The highest BCUT2D eigenvalue weighted by molar-refractivity contribution is 5.94. The molecule has 0 bridgehead atoms. The maximum atomic E-state index is 11.4. The van der Waals surface area contributed by atoms with Crippen molar-refractivity contribution in [1.82, 2.24) is 4.90 Å². The van der Waals surface area contributed by atoms with Crippen LogP contribution in [-0.2, 0) is 6.54 Å². The van der Waals surface area contributed by atoms with E-state index in [0.717, 1.165) is 18.7 Å². The minimum Gasteiger partial charge on any atom is -0.508 e. The molecule has 0 unspecified atom stereocenters. The van der Waals surface area contributed by atoms with Gasteiger partial charge in [-0.25, -0.2) is 0 Å². The average molecular weight is 277 g/mol. The maximum Gasteiger partial charge on any atom is 0.159 e. The quantitative estimate of drug-likeness (QED) is 0.734. The lowest BCUT2D eigenvalue weighted by Gasteiger charge is -2.25. The number of rotatable bonds is 8. The van der Waals surface area contributed by atoms with E-state index >= 15 is 0 Å². The average Bonchev–Trinajstić information content (AvgIpc) is 2.45. The third-order valence-corrected chi connectivity index (χ3v) is 4.00. The molecule has 20 heavy (non-hydrogen) atoms. The van der Waals surface area contributed by atoms with Gasteiger partial charge >= 0.3 is 0 Å². The number of benzene rings is 1. The van der Waals surface area contributed by atoms with E-state index in [1.54, 1.807) is 19.1 Å². The Kier molecular flexibility index (Phi) is 6.73. The van der Waals surface area contributed by atoms with E-state index in [4.69, 9.17) is 0 Å². The molecule has 0 saturated heterocycles. The molecule has 1 rings (SSSR count). The molecule has 0 heterocycles. The molecule has 0 aliphatic carbocycles. The molecule has 0 aliphatic heterocycles. The molecular formula is C17H27NO2. The first kappa shape index (κ1) is 16.7. The van der Waals surface area contributed by atoms with Crippen LogP contribution in [0, 0.1) is 5.92 Å². The molecule has 0 aromatic heterocycles. The summed E-state index contributed by atoms with van der Waals surface area (Å²) in [5.74, 6) is 1.00. The number of Topliss-reactive ketones (excluding diaryl/α,β-unsaturated/α-hetero) is 1. The highest BCUT2D eigenvalue weighted by atomic mass is 16.3. The van der Waals surface area contributed by atoms with Crippen molar-refractivity contribution < 1.29 is 9.90 Å². The Balaban J connectivity index is 2.83. The van der Waals surface area contributed by atoms with Crippen LogP contribution < -0.4 is 0 Å². The van der Waals surface area contributed by atoms with Crippen molar-refractivity contribution in [2.45, 2.75) is 47.1 Å². The second-order valence-electron chi connectivity index (χ2n) is 5.41. The third-order valence-electron chi connectivity index (χ3n) is 4.00. The van der Waals surface area contributed by atoms with E-state index in [1.807, 2.05) is 6.07 Å². The topological polar surface area (TPSA) is 40.5 Å². The van der Waals surface area contributed by atoms with Gasteiger partial charge in [-0.05, 0) is 37.6 Å². The molecule has 3 nitrogen and oxygen atoms in total. The lowest BCUT2D eigenvalue weighted by Crippen LogP contribution is -2.28. The number of hydrogen-bond acceptors (Lipinski definition) is 3. The first-order chi connectivity index (χ1) is 9.51. The monoisotopic (exact) mass is 277 g/mol. The van der Waals surface area contributed by atoms with Gasteiger partial charge in [-0.15, -0.1) is 0 Å². The fourth-order valence-corrected chi connectivity index (χ4v) is 2.39. The Bertz CT molecular complexity index is 439. The highest BCUT2D eigenvalue weighted by Gasteiger charge is 2.13. The van der Waals surface area contributed by atoms with E-state index in [9.17, 15) is 9.90 Å². The predicted octanol–water partition coefficient (Wildman–Crippen LogP) is 3.85. The number of aromatic hydroxyl groups is 1. The van der Waals surface area contributed by atoms with Gasteiger partial charge in [0.1, 0.15) is 5.75 Å². The van der Waals surface area contributed by atoms with E-state index in [0.29, 0.717) is 18.0 Å². The van der Waals surface area contributed by atoms with Gasteiger partial charge in [-0.2, -0.15) is 0 Å². The summed E-state index contributed by atoms with van der Waals surface area (Å²) in [5, 5.41) is 9.97. The minimum absolute atomic E-state index is 0.0364. The Morgan fingerprint density at radius 1 is 1.25 bits per heavy atom. The summed E-state index contributed by atoms with van der Waals surface area (Å²) in [5.41, 5.74) is 1.50. The maximum absolute atomic E-state index is 11.4. The molecule has 0 saturated carbocycles. The van der Waals surface area contributed by atoms with Crippen molar-refractivity contribution in [2.75, 3.05) is 13.1 Å². The molecule has 0 aliphatic rings. The van der Waals surface area contributed by atoms with E-state index < -0.39 is 0 Å². The van der Waals surface area contributed by atoms with Crippen LogP contribution in [0.15, 0.2) is 18.2 Å². The molecular weight excluding hydrogens is 250 g/mol. The van der Waals surface area contributed by atoms with Crippen molar-refractivity contribution in [3.05, 3.63) is 29.3 Å². The van der Waals surface area contributed by atoms with Gasteiger partial charge in [-0.3, -0.25) is 9.69 Å². The zero-order chi connectivity index (χ0) is 15.1. The molecule has 0 fully saturated rings. The summed E-state index contributed by atoms with van der Waals surface area (Å²) in [7, 11) is 0. The van der Waals surface area contributed by atoms with Crippen LogP contribution in [0.1, 0.15) is 56.5 Å². The summed E-state index contributed by atoms with van der Waals surface area (Å²) in [4.78, 5) is 13.8. The van der Waals surface area contributed by atoms with E-state index in [-0.39, 0.29) is 11.5 Å². The van der Waals surface area contributed by atoms with Gasteiger partial charge < -0.3 is 5.11 Å². The number of hydrogen-bond donors (Lipinski definition) is 1. The minimum atomic E-state index is 0.0364. The summed E-state index contributed by atoms with van der Waals surface area (Å²) < 4.78 is 0. The normalized spacial score (nSPS) is 11.3. The van der Waals surface area contributed by atoms with Crippen molar-refractivity contribution in [1.29, 1.82) is 0 Å². The van der Waals surface area contributed by atoms with Crippen LogP contribution in [0.5, 0.6) is 5.75 Å². The van der Waals surface area contributed by atoms with E-state index in [1.165, 1.54) is 12.8 Å². The van der Waals surface area contributed by atoms with Gasteiger partial charge in [0.2, 0.25) is 0 Å². The zero-order valence-corrected chi connectivity index (χ0v) is 13.1. The van der Waals surface area contributed by atoms with Crippen LogP contribution >= 0.6 is 0 Å². The summed E-state index contributed by atoms with van der Waals surface area (Å²) in [6.45, 7) is 10.8. The SMILES string of the molecule is CCC(CC)CN(CC)Cc1cc(C(C)=O)ccc1O. The second-order valence-corrected chi connectivity index (χ2v) is 5.41. The van der Waals surface area contributed by atoms with Crippen LogP contribution in [0.25, 0.3) is 0 Å².